The van der Waals surface area contributed by atoms with Crippen molar-refractivity contribution in [1.82, 2.24) is 10.6 Å². The van der Waals surface area contributed by atoms with E-state index in [1.165, 1.54) is 0 Å². The number of halogens is 1. The van der Waals surface area contributed by atoms with Gasteiger partial charge >= 0.3 is 0 Å². The zero-order valence-electron chi connectivity index (χ0n) is 13.8. The first kappa shape index (κ1) is 18.3. The largest absolute Gasteiger partial charge is 0.497 e. The third-order valence-corrected chi connectivity index (χ3v) is 3.88. The summed E-state index contributed by atoms with van der Waals surface area (Å²) in [4.78, 5) is 11.8. The molecule has 0 saturated heterocycles. The highest BCUT2D eigenvalue weighted by Gasteiger charge is 2.01. The number of hydrogen-bond acceptors (Lipinski definition) is 3. The molecule has 2 aromatic rings. The lowest BCUT2D eigenvalue weighted by atomic mass is 10.1. The first-order valence-corrected chi connectivity index (χ1v) is 8.40. The molecule has 0 aromatic heterocycles. The molecule has 5 heteroatoms. The molecule has 4 nitrogen and oxygen atoms in total. The summed E-state index contributed by atoms with van der Waals surface area (Å²) in [6, 6.07) is 15.6. The number of rotatable bonds is 9. The van der Waals surface area contributed by atoms with Crippen LogP contribution >= 0.6 is 11.6 Å². The summed E-state index contributed by atoms with van der Waals surface area (Å²) < 4.78 is 5.12. The second-order valence-corrected chi connectivity index (χ2v) is 5.94. The van der Waals surface area contributed by atoms with E-state index in [1.807, 2.05) is 48.5 Å². The lowest BCUT2D eigenvalue weighted by Gasteiger charge is -2.07. The van der Waals surface area contributed by atoms with Crippen LogP contribution in [0.5, 0.6) is 5.75 Å². The van der Waals surface area contributed by atoms with Crippen molar-refractivity contribution in [3.8, 4) is 5.75 Å². The van der Waals surface area contributed by atoms with Crippen LogP contribution in [0.3, 0.4) is 0 Å². The average molecular weight is 347 g/mol. The number of carbonyl (C=O) groups excluding carboxylic acids is 1. The van der Waals surface area contributed by atoms with Crippen molar-refractivity contribution in [1.29, 1.82) is 0 Å². The van der Waals surface area contributed by atoms with Crippen LogP contribution in [0.4, 0.5) is 0 Å². The smallest absolute Gasteiger partial charge is 0.221 e. The highest BCUT2D eigenvalue weighted by atomic mass is 35.5. The van der Waals surface area contributed by atoms with Gasteiger partial charge < -0.3 is 15.4 Å². The summed E-state index contributed by atoms with van der Waals surface area (Å²) in [5, 5.41) is 6.92. The summed E-state index contributed by atoms with van der Waals surface area (Å²) >= 11 is 5.94. The molecule has 0 unspecified atom stereocenters. The van der Waals surface area contributed by atoms with Gasteiger partial charge in [0.25, 0.3) is 0 Å². The standard InChI is InChI=1S/C19H23ClN2O2/c1-24-18-7-5-16(6-8-18)14-21-11-10-19(23)22-12-9-15-3-2-4-17(20)13-15/h2-8,13,21H,9-12,14H2,1H3,(H,22,23). The molecule has 0 spiro atoms. The molecule has 24 heavy (non-hydrogen) atoms. The summed E-state index contributed by atoms with van der Waals surface area (Å²) in [6.45, 7) is 2.01. The summed E-state index contributed by atoms with van der Waals surface area (Å²) in [5.41, 5.74) is 2.29. The highest BCUT2D eigenvalue weighted by Crippen LogP contribution is 2.11. The van der Waals surface area contributed by atoms with E-state index in [4.69, 9.17) is 16.3 Å². The fraction of sp³-hybridized carbons (Fsp3) is 0.316. The fourth-order valence-corrected chi connectivity index (χ4v) is 2.52. The topological polar surface area (TPSA) is 50.4 Å². The molecule has 0 fully saturated rings. The minimum absolute atomic E-state index is 0.0549. The van der Waals surface area contributed by atoms with Crippen molar-refractivity contribution in [3.63, 3.8) is 0 Å². The Balaban J connectivity index is 1.57. The molecule has 2 N–H and O–H groups in total. The summed E-state index contributed by atoms with van der Waals surface area (Å²) in [5.74, 6) is 0.900. The molecule has 0 radical (unpaired) electrons. The van der Waals surface area contributed by atoms with Crippen molar-refractivity contribution in [2.75, 3.05) is 20.2 Å². The van der Waals surface area contributed by atoms with E-state index in [-0.39, 0.29) is 5.91 Å². The van der Waals surface area contributed by atoms with Crippen LogP contribution in [0.25, 0.3) is 0 Å². The minimum atomic E-state index is 0.0549. The lowest BCUT2D eigenvalue weighted by molar-refractivity contribution is -0.120. The van der Waals surface area contributed by atoms with Gasteiger partial charge in [0.1, 0.15) is 5.75 Å². The Kier molecular flexibility index (Phi) is 7.59. The van der Waals surface area contributed by atoms with Gasteiger partial charge in [0.15, 0.2) is 0 Å². The van der Waals surface area contributed by atoms with Crippen LogP contribution in [0.2, 0.25) is 5.02 Å². The molecule has 1 amide bonds. The third kappa shape index (κ3) is 6.60. The van der Waals surface area contributed by atoms with E-state index in [1.54, 1.807) is 7.11 Å². The van der Waals surface area contributed by atoms with Gasteiger partial charge in [0.2, 0.25) is 5.91 Å². The van der Waals surface area contributed by atoms with Gasteiger partial charge in [-0.15, -0.1) is 0 Å². The molecule has 0 aliphatic heterocycles. The molecule has 2 aromatic carbocycles. The number of benzene rings is 2. The number of nitrogens with one attached hydrogen (secondary N) is 2. The molecular formula is C19H23ClN2O2. The summed E-state index contributed by atoms with van der Waals surface area (Å²) in [7, 11) is 1.65. The normalized spacial score (nSPS) is 10.4. The van der Waals surface area contributed by atoms with Gasteiger partial charge in [0, 0.05) is 31.1 Å². The first-order chi connectivity index (χ1) is 11.7. The number of ether oxygens (including phenoxy) is 1. The zero-order valence-corrected chi connectivity index (χ0v) is 14.6. The maximum absolute atomic E-state index is 11.8. The zero-order chi connectivity index (χ0) is 17.2. The van der Waals surface area contributed by atoms with Gasteiger partial charge in [-0.2, -0.15) is 0 Å². The molecule has 0 atom stereocenters. The van der Waals surface area contributed by atoms with Crippen molar-refractivity contribution in [2.24, 2.45) is 0 Å². The molecule has 2 rings (SSSR count). The number of methoxy groups -OCH3 is 1. The Bertz CT molecular complexity index is 644. The minimum Gasteiger partial charge on any atom is -0.497 e. The lowest BCUT2D eigenvalue weighted by Crippen LogP contribution is -2.29. The van der Waals surface area contributed by atoms with E-state index in [9.17, 15) is 4.79 Å². The fourth-order valence-electron chi connectivity index (χ4n) is 2.31. The second-order valence-electron chi connectivity index (χ2n) is 5.50. The van der Waals surface area contributed by atoms with Gasteiger partial charge in [-0.25, -0.2) is 0 Å². The van der Waals surface area contributed by atoms with Gasteiger partial charge in [-0.1, -0.05) is 35.9 Å². The molecule has 0 aliphatic carbocycles. The van der Waals surface area contributed by atoms with Crippen molar-refractivity contribution in [3.05, 3.63) is 64.7 Å². The van der Waals surface area contributed by atoms with Crippen LogP contribution < -0.4 is 15.4 Å². The predicted octanol–water partition coefficient (Wildman–Crippen LogP) is 3.19. The molecule has 0 aliphatic rings. The number of hydrogen-bond donors (Lipinski definition) is 2. The molecular weight excluding hydrogens is 324 g/mol. The predicted molar refractivity (Wildman–Crippen MR) is 97.5 cm³/mol. The van der Waals surface area contributed by atoms with Crippen LogP contribution in [0, 0.1) is 0 Å². The highest BCUT2D eigenvalue weighted by molar-refractivity contribution is 6.30. The Morgan fingerprint density at radius 1 is 1.08 bits per heavy atom. The van der Waals surface area contributed by atoms with E-state index in [0.717, 1.165) is 34.9 Å². The van der Waals surface area contributed by atoms with Crippen molar-refractivity contribution >= 4 is 17.5 Å². The monoisotopic (exact) mass is 346 g/mol. The van der Waals surface area contributed by atoms with Crippen LogP contribution in [-0.4, -0.2) is 26.1 Å². The van der Waals surface area contributed by atoms with Crippen LogP contribution in [0.15, 0.2) is 48.5 Å². The SMILES string of the molecule is COc1ccc(CNCCC(=O)NCCc2cccc(Cl)c2)cc1. The maximum Gasteiger partial charge on any atom is 0.221 e. The Hall–Kier alpha value is -2.04. The van der Waals surface area contributed by atoms with Crippen LogP contribution in [-0.2, 0) is 17.8 Å². The Morgan fingerprint density at radius 2 is 1.88 bits per heavy atom. The van der Waals surface area contributed by atoms with Gasteiger partial charge in [-0.3, -0.25) is 4.79 Å². The summed E-state index contributed by atoms with van der Waals surface area (Å²) in [6.07, 6.45) is 1.25. The molecule has 0 saturated carbocycles. The van der Waals surface area contributed by atoms with E-state index < -0.39 is 0 Å². The molecule has 128 valence electrons. The third-order valence-electron chi connectivity index (χ3n) is 3.64. The Labute approximate surface area is 148 Å². The first-order valence-electron chi connectivity index (χ1n) is 8.02. The van der Waals surface area contributed by atoms with E-state index in [0.29, 0.717) is 19.5 Å². The van der Waals surface area contributed by atoms with E-state index >= 15 is 0 Å². The molecule has 0 bridgehead atoms. The van der Waals surface area contributed by atoms with Gasteiger partial charge in [0.05, 0.1) is 7.11 Å². The van der Waals surface area contributed by atoms with Gasteiger partial charge in [-0.05, 0) is 41.8 Å². The number of amides is 1. The van der Waals surface area contributed by atoms with E-state index in [2.05, 4.69) is 10.6 Å². The van der Waals surface area contributed by atoms with Crippen molar-refractivity contribution in [2.45, 2.75) is 19.4 Å². The Morgan fingerprint density at radius 3 is 2.58 bits per heavy atom. The van der Waals surface area contributed by atoms with Crippen LogP contribution in [0.1, 0.15) is 17.5 Å². The maximum atomic E-state index is 11.8. The quantitative estimate of drug-likeness (QED) is 0.686. The van der Waals surface area contributed by atoms with Crippen molar-refractivity contribution < 1.29 is 9.53 Å². The number of carbonyl (C=O) groups is 1. The second kappa shape index (κ2) is 9.96. The average Bonchev–Trinajstić information content (AvgIpc) is 2.59. The molecule has 0 heterocycles.